The first-order valence-electron chi connectivity index (χ1n) is 7.45. The second-order valence-corrected chi connectivity index (χ2v) is 5.60. The third-order valence-corrected chi connectivity index (χ3v) is 4.03. The van der Waals surface area contributed by atoms with Crippen LogP contribution in [0.5, 0.6) is 0 Å². The Labute approximate surface area is 117 Å². The van der Waals surface area contributed by atoms with Crippen LogP contribution in [0.15, 0.2) is 10.9 Å². The van der Waals surface area contributed by atoms with Gasteiger partial charge in [0.25, 0.3) is 0 Å². The molecule has 3 rings (SSSR count). The van der Waals surface area contributed by atoms with E-state index < -0.39 is 0 Å². The molecule has 0 unspecified atom stereocenters. The fraction of sp³-hybridized carbons (Fsp3) is 0.643. The summed E-state index contributed by atoms with van der Waals surface area (Å²) in [7, 11) is 0. The zero-order valence-corrected chi connectivity index (χ0v) is 11.9. The van der Waals surface area contributed by atoms with Crippen molar-refractivity contribution in [3.63, 3.8) is 0 Å². The summed E-state index contributed by atoms with van der Waals surface area (Å²) in [5.74, 6) is 1.48. The van der Waals surface area contributed by atoms with Gasteiger partial charge in [-0.15, -0.1) is 0 Å². The van der Waals surface area contributed by atoms with E-state index in [-0.39, 0.29) is 5.69 Å². The van der Waals surface area contributed by atoms with Gasteiger partial charge in [0.15, 0.2) is 5.65 Å². The Morgan fingerprint density at radius 1 is 1.25 bits per heavy atom. The van der Waals surface area contributed by atoms with Crippen molar-refractivity contribution in [3.8, 4) is 0 Å². The number of fused-ring (bicyclic) bond motifs is 1. The highest BCUT2D eigenvalue weighted by Crippen LogP contribution is 2.20. The fourth-order valence-electron chi connectivity index (χ4n) is 2.98. The van der Waals surface area contributed by atoms with Crippen LogP contribution in [-0.4, -0.2) is 25.6 Å². The summed E-state index contributed by atoms with van der Waals surface area (Å²) in [6.07, 6.45) is 8.98. The number of nitrogens with zero attached hydrogens (tertiary/aromatic N) is 3. The van der Waals surface area contributed by atoms with E-state index in [0.717, 1.165) is 5.82 Å². The average molecular weight is 275 g/mol. The van der Waals surface area contributed by atoms with Gasteiger partial charge in [-0.3, -0.25) is 0 Å². The minimum atomic E-state index is -0.234. The van der Waals surface area contributed by atoms with E-state index in [2.05, 4.69) is 20.5 Å². The second-order valence-electron chi connectivity index (χ2n) is 5.60. The highest BCUT2D eigenvalue weighted by atomic mass is 16.1. The number of H-pyrrole nitrogens is 1. The summed E-state index contributed by atoms with van der Waals surface area (Å²) in [4.78, 5) is 16.0. The van der Waals surface area contributed by atoms with Crippen LogP contribution in [0.3, 0.4) is 0 Å². The topological polar surface area (TPSA) is 75.1 Å². The first kappa shape index (κ1) is 13.1. The molecule has 0 aliphatic heterocycles. The number of anilines is 1. The van der Waals surface area contributed by atoms with E-state index in [1.54, 1.807) is 0 Å². The molecule has 0 spiro atoms. The molecular weight excluding hydrogens is 254 g/mol. The van der Waals surface area contributed by atoms with Gasteiger partial charge < -0.3 is 5.32 Å². The average Bonchev–Trinajstić information content (AvgIpc) is 2.75. The van der Waals surface area contributed by atoms with Gasteiger partial charge in [0, 0.05) is 12.1 Å². The highest BCUT2D eigenvalue weighted by molar-refractivity contribution is 5.50. The van der Waals surface area contributed by atoms with Crippen LogP contribution in [-0.2, 0) is 0 Å². The van der Waals surface area contributed by atoms with Gasteiger partial charge in [0.05, 0.1) is 0 Å². The van der Waals surface area contributed by atoms with Crippen molar-refractivity contribution in [2.24, 2.45) is 0 Å². The SMILES string of the molecule is Cc1nc(NC2CCCCCCC2)cc2n[nH]c(=O)n12. The molecule has 2 heterocycles. The van der Waals surface area contributed by atoms with Crippen LogP contribution in [0.1, 0.15) is 50.8 Å². The highest BCUT2D eigenvalue weighted by Gasteiger charge is 2.13. The number of hydrogen-bond donors (Lipinski definition) is 2. The van der Waals surface area contributed by atoms with Gasteiger partial charge in [-0.1, -0.05) is 32.1 Å². The first-order chi connectivity index (χ1) is 9.74. The summed E-state index contributed by atoms with van der Waals surface area (Å²) >= 11 is 0. The van der Waals surface area contributed by atoms with Gasteiger partial charge in [0.1, 0.15) is 11.6 Å². The Kier molecular flexibility index (Phi) is 3.71. The standard InChI is InChI=1S/C14H21N5O/c1-10-15-12(9-13-17-18-14(20)19(10)13)16-11-7-5-3-2-4-6-8-11/h9,11,16H,2-8H2,1H3,(H,18,20). The van der Waals surface area contributed by atoms with Crippen LogP contribution in [0.2, 0.25) is 0 Å². The number of aromatic amines is 1. The molecule has 0 aromatic carbocycles. The summed E-state index contributed by atoms with van der Waals surface area (Å²) in [6.45, 7) is 1.83. The molecule has 108 valence electrons. The van der Waals surface area contributed by atoms with Gasteiger partial charge in [-0.25, -0.2) is 19.3 Å². The Hall–Kier alpha value is -1.85. The Balaban J connectivity index is 1.81. The van der Waals surface area contributed by atoms with Crippen molar-refractivity contribution in [3.05, 3.63) is 22.4 Å². The minimum absolute atomic E-state index is 0.234. The van der Waals surface area contributed by atoms with E-state index in [1.807, 2.05) is 13.0 Å². The lowest BCUT2D eigenvalue weighted by atomic mass is 9.97. The first-order valence-corrected chi connectivity index (χ1v) is 7.45. The van der Waals surface area contributed by atoms with Crippen molar-refractivity contribution < 1.29 is 0 Å². The number of nitrogens with one attached hydrogen (secondary N) is 2. The Morgan fingerprint density at radius 3 is 2.70 bits per heavy atom. The minimum Gasteiger partial charge on any atom is -0.367 e. The molecule has 2 aromatic heterocycles. The predicted molar refractivity (Wildman–Crippen MR) is 78.1 cm³/mol. The summed E-state index contributed by atoms with van der Waals surface area (Å²) in [5, 5.41) is 9.98. The van der Waals surface area contributed by atoms with Crippen molar-refractivity contribution >= 4 is 11.5 Å². The van der Waals surface area contributed by atoms with Crippen LogP contribution < -0.4 is 11.0 Å². The summed E-state index contributed by atoms with van der Waals surface area (Å²) in [6, 6.07) is 2.32. The van der Waals surface area contributed by atoms with Gasteiger partial charge in [0.2, 0.25) is 0 Å². The molecule has 0 radical (unpaired) electrons. The normalized spacial score (nSPS) is 17.9. The summed E-state index contributed by atoms with van der Waals surface area (Å²) in [5.41, 5.74) is 0.387. The second kappa shape index (κ2) is 5.64. The molecular formula is C14H21N5O. The maximum Gasteiger partial charge on any atom is 0.349 e. The number of rotatable bonds is 2. The van der Waals surface area contributed by atoms with Crippen molar-refractivity contribution in [2.75, 3.05) is 5.32 Å². The third kappa shape index (κ3) is 2.69. The van der Waals surface area contributed by atoms with Crippen LogP contribution in [0.25, 0.3) is 5.65 Å². The molecule has 1 fully saturated rings. The molecule has 0 saturated heterocycles. The van der Waals surface area contributed by atoms with E-state index >= 15 is 0 Å². The number of hydrogen-bond acceptors (Lipinski definition) is 4. The molecule has 0 amide bonds. The maximum atomic E-state index is 11.6. The fourth-order valence-corrected chi connectivity index (χ4v) is 2.98. The maximum absolute atomic E-state index is 11.6. The molecule has 1 saturated carbocycles. The van der Waals surface area contributed by atoms with Crippen molar-refractivity contribution in [1.29, 1.82) is 0 Å². The number of aromatic nitrogens is 4. The lowest BCUT2D eigenvalue weighted by Crippen LogP contribution is -2.22. The van der Waals surface area contributed by atoms with E-state index in [4.69, 9.17) is 0 Å². The predicted octanol–water partition coefficient (Wildman–Crippen LogP) is 2.25. The molecule has 0 atom stereocenters. The quantitative estimate of drug-likeness (QED) is 0.881. The molecule has 6 heteroatoms. The van der Waals surface area contributed by atoms with E-state index in [0.29, 0.717) is 17.5 Å². The molecule has 6 nitrogen and oxygen atoms in total. The van der Waals surface area contributed by atoms with Crippen LogP contribution >= 0.6 is 0 Å². The zero-order chi connectivity index (χ0) is 13.9. The monoisotopic (exact) mass is 275 g/mol. The number of aryl methyl sites for hydroxylation is 1. The van der Waals surface area contributed by atoms with E-state index in [9.17, 15) is 4.79 Å². The van der Waals surface area contributed by atoms with Gasteiger partial charge >= 0.3 is 5.69 Å². The molecule has 0 bridgehead atoms. The Bertz CT molecular complexity index is 637. The molecule has 1 aliphatic carbocycles. The van der Waals surface area contributed by atoms with Gasteiger partial charge in [-0.2, -0.15) is 5.10 Å². The third-order valence-electron chi connectivity index (χ3n) is 4.03. The lowest BCUT2D eigenvalue weighted by molar-refractivity contribution is 0.470. The smallest absolute Gasteiger partial charge is 0.349 e. The Morgan fingerprint density at radius 2 is 1.95 bits per heavy atom. The lowest BCUT2D eigenvalue weighted by Gasteiger charge is -2.21. The molecule has 2 N–H and O–H groups in total. The van der Waals surface area contributed by atoms with Crippen molar-refractivity contribution in [2.45, 2.75) is 57.9 Å². The zero-order valence-electron chi connectivity index (χ0n) is 11.9. The van der Waals surface area contributed by atoms with E-state index in [1.165, 1.54) is 49.3 Å². The molecule has 1 aliphatic rings. The molecule has 20 heavy (non-hydrogen) atoms. The largest absolute Gasteiger partial charge is 0.367 e. The molecule has 2 aromatic rings. The van der Waals surface area contributed by atoms with Crippen LogP contribution in [0.4, 0.5) is 5.82 Å². The van der Waals surface area contributed by atoms with Gasteiger partial charge in [-0.05, 0) is 19.8 Å². The summed E-state index contributed by atoms with van der Waals surface area (Å²) < 4.78 is 1.49. The van der Waals surface area contributed by atoms with Crippen molar-refractivity contribution in [1.82, 2.24) is 19.6 Å². The van der Waals surface area contributed by atoms with Crippen LogP contribution in [0, 0.1) is 6.92 Å².